The fraction of sp³-hybridized carbons (Fsp3) is 0.286. The topological polar surface area (TPSA) is 95.5 Å². The normalized spacial score (nSPS) is 11.4. The molecule has 1 aromatic carbocycles. The van der Waals surface area contributed by atoms with Crippen LogP contribution in [-0.2, 0) is 10.9 Å². The summed E-state index contributed by atoms with van der Waals surface area (Å²) in [4.78, 5) is 22.1. The number of aromatic nitrogens is 1. The van der Waals surface area contributed by atoms with Gasteiger partial charge in [0.05, 0.1) is 22.7 Å². The number of alkyl halides is 3. The molecular weight excluding hydrogens is 333 g/mol. The third-order valence-electron chi connectivity index (χ3n) is 3.12. The summed E-state index contributed by atoms with van der Waals surface area (Å²) >= 11 is 0. The number of hydrogen-bond acceptors (Lipinski definition) is 6. The molecule has 2 aromatic rings. The molecule has 1 heterocycles. The fourth-order valence-corrected chi connectivity index (χ4v) is 2.06. The van der Waals surface area contributed by atoms with Crippen molar-refractivity contribution < 1.29 is 32.1 Å². The molecule has 0 radical (unpaired) electrons. The molecule has 0 unspecified atom stereocenters. The summed E-state index contributed by atoms with van der Waals surface area (Å²) in [6, 6.07) is 1.93. The van der Waals surface area contributed by atoms with Crippen LogP contribution in [0.4, 0.5) is 18.9 Å². The quantitative estimate of drug-likeness (QED) is 0.476. The first-order chi connectivity index (χ1) is 11.2. The molecule has 1 aromatic heterocycles. The summed E-state index contributed by atoms with van der Waals surface area (Å²) in [5.41, 5.74) is -2.71. The highest BCUT2D eigenvalue weighted by molar-refractivity contribution is 5.98. The number of rotatable bonds is 4. The Morgan fingerprint density at radius 3 is 2.62 bits per heavy atom. The highest BCUT2D eigenvalue weighted by Gasteiger charge is 2.35. The minimum Gasteiger partial charge on any atom is -0.462 e. The van der Waals surface area contributed by atoms with Crippen molar-refractivity contribution in [1.29, 1.82) is 0 Å². The Labute approximate surface area is 133 Å². The van der Waals surface area contributed by atoms with Gasteiger partial charge < -0.3 is 9.26 Å². The predicted molar refractivity (Wildman–Crippen MR) is 74.3 cm³/mol. The highest BCUT2D eigenvalue weighted by atomic mass is 19.4. The first-order valence-corrected chi connectivity index (χ1v) is 6.66. The summed E-state index contributed by atoms with van der Waals surface area (Å²) in [5.74, 6) is -0.793. The standard InChI is InChI=1S/C14H11F3N2O5/c1-3-23-13(20)11-7(2)24-18-12(11)9-5-4-8(14(15,16)17)6-10(9)19(21)22/h4-6H,3H2,1-2H3. The minimum absolute atomic E-state index is 0.0395. The van der Waals surface area contributed by atoms with E-state index in [0.29, 0.717) is 12.1 Å². The number of nitro benzene ring substituents is 1. The van der Waals surface area contributed by atoms with Gasteiger partial charge in [0, 0.05) is 6.07 Å². The Morgan fingerprint density at radius 2 is 2.08 bits per heavy atom. The first kappa shape index (κ1) is 17.4. The molecule has 24 heavy (non-hydrogen) atoms. The molecule has 7 nitrogen and oxygen atoms in total. The van der Waals surface area contributed by atoms with E-state index in [2.05, 4.69) is 5.16 Å². The van der Waals surface area contributed by atoms with E-state index < -0.39 is 28.3 Å². The molecule has 0 saturated carbocycles. The molecule has 0 spiro atoms. The van der Waals surface area contributed by atoms with E-state index in [1.807, 2.05) is 0 Å². The van der Waals surface area contributed by atoms with E-state index in [0.717, 1.165) is 6.07 Å². The van der Waals surface area contributed by atoms with Gasteiger partial charge in [0.15, 0.2) is 0 Å². The van der Waals surface area contributed by atoms with Crippen molar-refractivity contribution in [3.05, 3.63) is 45.2 Å². The Morgan fingerprint density at radius 1 is 1.42 bits per heavy atom. The average molecular weight is 344 g/mol. The molecule has 0 amide bonds. The minimum atomic E-state index is -4.74. The lowest BCUT2D eigenvalue weighted by atomic mass is 10.0. The molecule has 0 atom stereocenters. The number of aryl methyl sites for hydroxylation is 1. The number of ether oxygens (including phenoxy) is 1. The zero-order valence-corrected chi connectivity index (χ0v) is 12.5. The van der Waals surface area contributed by atoms with Crippen LogP contribution in [-0.4, -0.2) is 22.7 Å². The van der Waals surface area contributed by atoms with Crippen molar-refractivity contribution in [2.75, 3.05) is 6.61 Å². The lowest BCUT2D eigenvalue weighted by Gasteiger charge is -2.08. The van der Waals surface area contributed by atoms with Crippen molar-refractivity contribution in [3.8, 4) is 11.3 Å². The Bertz CT molecular complexity index is 798. The summed E-state index contributed by atoms with van der Waals surface area (Å²) in [6.45, 7) is 2.98. The van der Waals surface area contributed by atoms with Crippen LogP contribution in [0.25, 0.3) is 11.3 Å². The van der Waals surface area contributed by atoms with Crippen molar-refractivity contribution in [3.63, 3.8) is 0 Å². The molecular formula is C14H11F3N2O5. The number of nitrogens with zero attached hydrogens (tertiary/aromatic N) is 2. The Balaban J connectivity index is 2.66. The van der Waals surface area contributed by atoms with E-state index in [4.69, 9.17) is 9.26 Å². The predicted octanol–water partition coefficient (Wildman–Crippen LogP) is 3.75. The second kappa shape index (κ2) is 6.30. The smallest absolute Gasteiger partial charge is 0.416 e. The largest absolute Gasteiger partial charge is 0.462 e. The molecule has 128 valence electrons. The number of carbonyl (C=O) groups is 1. The van der Waals surface area contributed by atoms with Crippen molar-refractivity contribution in [2.24, 2.45) is 0 Å². The fourth-order valence-electron chi connectivity index (χ4n) is 2.06. The maximum Gasteiger partial charge on any atom is 0.416 e. The van der Waals surface area contributed by atoms with Gasteiger partial charge in [-0.15, -0.1) is 0 Å². The average Bonchev–Trinajstić information content (AvgIpc) is 2.87. The van der Waals surface area contributed by atoms with Gasteiger partial charge in [-0.1, -0.05) is 5.16 Å². The zero-order valence-electron chi connectivity index (χ0n) is 12.5. The number of nitro groups is 1. The SMILES string of the molecule is CCOC(=O)c1c(-c2ccc(C(F)(F)F)cc2[N+](=O)[O-])noc1C. The van der Waals surface area contributed by atoms with Crippen LogP contribution in [0.5, 0.6) is 0 Å². The summed E-state index contributed by atoms with van der Waals surface area (Å²) < 4.78 is 47.9. The second-order valence-electron chi connectivity index (χ2n) is 4.67. The van der Waals surface area contributed by atoms with Crippen LogP contribution in [0.3, 0.4) is 0 Å². The summed E-state index contributed by atoms with van der Waals surface area (Å²) in [7, 11) is 0. The van der Waals surface area contributed by atoms with Crippen molar-refractivity contribution in [1.82, 2.24) is 5.16 Å². The third-order valence-corrected chi connectivity index (χ3v) is 3.12. The van der Waals surface area contributed by atoms with Crippen LogP contribution >= 0.6 is 0 Å². The molecule has 0 aliphatic rings. The van der Waals surface area contributed by atoms with Gasteiger partial charge in [0.25, 0.3) is 5.69 Å². The monoisotopic (exact) mass is 344 g/mol. The Kier molecular flexibility index (Phi) is 4.58. The van der Waals surface area contributed by atoms with Gasteiger partial charge in [0.2, 0.25) is 0 Å². The maximum absolute atomic E-state index is 12.7. The molecule has 0 aliphatic heterocycles. The van der Waals surface area contributed by atoms with Gasteiger partial charge >= 0.3 is 12.1 Å². The highest BCUT2D eigenvalue weighted by Crippen LogP contribution is 2.38. The van der Waals surface area contributed by atoms with Crippen LogP contribution in [0.15, 0.2) is 22.7 Å². The van der Waals surface area contributed by atoms with Gasteiger partial charge in [0.1, 0.15) is 17.0 Å². The molecule has 2 rings (SSSR count). The molecule has 0 N–H and O–H groups in total. The number of halogens is 3. The molecule has 0 saturated heterocycles. The van der Waals surface area contributed by atoms with E-state index in [-0.39, 0.29) is 29.2 Å². The van der Waals surface area contributed by atoms with Crippen molar-refractivity contribution >= 4 is 11.7 Å². The molecule has 0 aliphatic carbocycles. The number of carbonyl (C=O) groups excluding carboxylic acids is 1. The summed E-state index contributed by atoms with van der Waals surface area (Å²) in [5, 5.41) is 14.7. The van der Waals surface area contributed by atoms with Gasteiger partial charge in [-0.25, -0.2) is 4.79 Å². The number of esters is 1. The van der Waals surface area contributed by atoms with Crippen molar-refractivity contribution in [2.45, 2.75) is 20.0 Å². The van der Waals surface area contributed by atoms with Crippen LogP contribution in [0.1, 0.15) is 28.6 Å². The van der Waals surface area contributed by atoms with E-state index >= 15 is 0 Å². The van der Waals surface area contributed by atoms with Crippen LogP contribution < -0.4 is 0 Å². The second-order valence-corrected chi connectivity index (χ2v) is 4.67. The van der Waals surface area contributed by atoms with Gasteiger partial charge in [-0.2, -0.15) is 13.2 Å². The van der Waals surface area contributed by atoms with E-state index in [1.54, 1.807) is 6.92 Å². The van der Waals surface area contributed by atoms with Gasteiger partial charge in [-0.3, -0.25) is 10.1 Å². The van der Waals surface area contributed by atoms with E-state index in [9.17, 15) is 28.1 Å². The lowest BCUT2D eigenvalue weighted by molar-refractivity contribution is -0.384. The molecule has 0 fully saturated rings. The number of benzene rings is 1. The molecule has 10 heteroatoms. The Hall–Kier alpha value is -2.91. The first-order valence-electron chi connectivity index (χ1n) is 6.66. The lowest BCUT2D eigenvalue weighted by Crippen LogP contribution is -2.08. The molecule has 0 bridgehead atoms. The van der Waals surface area contributed by atoms with E-state index in [1.165, 1.54) is 6.92 Å². The maximum atomic E-state index is 12.7. The zero-order chi connectivity index (χ0) is 18.1. The van der Waals surface area contributed by atoms with Gasteiger partial charge in [-0.05, 0) is 26.0 Å². The number of hydrogen-bond donors (Lipinski definition) is 0. The third kappa shape index (κ3) is 3.21. The van der Waals surface area contributed by atoms with Crippen LogP contribution in [0.2, 0.25) is 0 Å². The summed E-state index contributed by atoms with van der Waals surface area (Å²) in [6.07, 6.45) is -4.74. The van der Waals surface area contributed by atoms with Crippen LogP contribution in [0, 0.1) is 17.0 Å².